The average Bonchev–Trinajstić information content (AvgIpc) is 2.91. The fourth-order valence-corrected chi connectivity index (χ4v) is 2.93. The number of aryl methyl sites for hydroxylation is 2. The predicted molar refractivity (Wildman–Crippen MR) is 87.3 cm³/mol. The van der Waals surface area contributed by atoms with E-state index in [1.54, 1.807) is 0 Å². The summed E-state index contributed by atoms with van der Waals surface area (Å²) in [5, 5.41) is 3.41. The second-order valence-electron chi connectivity index (χ2n) is 5.15. The number of halogens is 2. The second kappa shape index (κ2) is 5.58. The number of carbonyl (C=O) groups is 1. The molecule has 0 atom stereocenters. The van der Waals surface area contributed by atoms with Gasteiger partial charge in [-0.25, -0.2) is 0 Å². The first-order valence-corrected chi connectivity index (χ1v) is 7.48. The van der Waals surface area contributed by atoms with Gasteiger partial charge in [-0.05, 0) is 54.7 Å². The lowest BCUT2D eigenvalue weighted by molar-refractivity contribution is 0.102. The maximum Gasteiger partial charge on any atom is 0.255 e. The van der Waals surface area contributed by atoms with E-state index in [0.717, 1.165) is 18.5 Å². The number of rotatable bonds is 2. The zero-order valence-corrected chi connectivity index (χ0v) is 12.8. The molecule has 1 amide bonds. The van der Waals surface area contributed by atoms with Gasteiger partial charge in [0.05, 0.1) is 15.7 Å². The lowest BCUT2D eigenvalue weighted by atomic mass is 10.1. The molecule has 0 aromatic heterocycles. The summed E-state index contributed by atoms with van der Waals surface area (Å²) in [6.07, 6.45) is 3.36. The molecule has 0 saturated carbocycles. The van der Waals surface area contributed by atoms with Crippen molar-refractivity contribution in [3.8, 4) is 0 Å². The SMILES string of the molecule is Nc1cc(C(=O)Nc2ccc3c(c2)CCC3)cc(Cl)c1Cl. The molecule has 0 radical (unpaired) electrons. The molecule has 0 saturated heterocycles. The Bertz CT molecular complexity index is 705. The standard InChI is InChI=1S/C16H14Cl2N2O/c17-13-7-11(8-14(19)15(13)18)16(21)20-12-5-4-9-2-1-3-10(9)6-12/h4-8H,1-3,19H2,(H,20,21). The van der Waals surface area contributed by atoms with Gasteiger partial charge in [-0.1, -0.05) is 29.3 Å². The fraction of sp³-hybridized carbons (Fsp3) is 0.188. The van der Waals surface area contributed by atoms with Crippen molar-refractivity contribution < 1.29 is 4.79 Å². The van der Waals surface area contributed by atoms with Crippen molar-refractivity contribution >= 4 is 40.5 Å². The fourth-order valence-electron chi connectivity index (χ4n) is 2.59. The summed E-state index contributed by atoms with van der Waals surface area (Å²) in [4.78, 5) is 12.3. The monoisotopic (exact) mass is 320 g/mol. The van der Waals surface area contributed by atoms with Crippen LogP contribution in [0.5, 0.6) is 0 Å². The maximum absolute atomic E-state index is 12.3. The Hall–Kier alpha value is -1.71. The maximum atomic E-state index is 12.3. The first-order valence-electron chi connectivity index (χ1n) is 6.72. The number of nitrogens with one attached hydrogen (secondary N) is 1. The van der Waals surface area contributed by atoms with Gasteiger partial charge >= 0.3 is 0 Å². The van der Waals surface area contributed by atoms with Gasteiger partial charge in [0.25, 0.3) is 5.91 Å². The molecule has 0 aliphatic heterocycles. The Labute approximate surface area is 133 Å². The van der Waals surface area contributed by atoms with E-state index in [0.29, 0.717) is 11.3 Å². The lowest BCUT2D eigenvalue weighted by Gasteiger charge is -2.09. The zero-order valence-electron chi connectivity index (χ0n) is 11.2. The third kappa shape index (κ3) is 2.85. The van der Waals surface area contributed by atoms with Gasteiger partial charge < -0.3 is 11.1 Å². The lowest BCUT2D eigenvalue weighted by Crippen LogP contribution is -2.12. The summed E-state index contributed by atoms with van der Waals surface area (Å²) in [7, 11) is 0. The van der Waals surface area contributed by atoms with Gasteiger partial charge in [0, 0.05) is 11.3 Å². The molecule has 3 N–H and O–H groups in total. The Kier molecular flexibility index (Phi) is 3.79. The molecule has 3 rings (SSSR count). The van der Waals surface area contributed by atoms with Crippen LogP contribution in [0.15, 0.2) is 30.3 Å². The third-order valence-corrected chi connectivity index (χ3v) is 4.49. The molecule has 1 aliphatic carbocycles. The predicted octanol–water partition coefficient (Wildman–Crippen LogP) is 4.32. The van der Waals surface area contributed by atoms with E-state index < -0.39 is 0 Å². The van der Waals surface area contributed by atoms with Gasteiger partial charge in [-0.3, -0.25) is 4.79 Å². The molecular weight excluding hydrogens is 307 g/mol. The Morgan fingerprint density at radius 2 is 1.86 bits per heavy atom. The van der Waals surface area contributed by atoms with Gasteiger partial charge in [-0.2, -0.15) is 0 Å². The van der Waals surface area contributed by atoms with Crippen molar-refractivity contribution in [1.29, 1.82) is 0 Å². The minimum atomic E-state index is -0.252. The molecule has 0 unspecified atom stereocenters. The molecule has 5 heteroatoms. The summed E-state index contributed by atoms with van der Waals surface area (Å²) in [5.74, 6) is -0.252. The van der Waals surface area contributed by atoms with E-state index in [1.807, 2.05) is 12.1 Å². The molecule has 2 aromatic rings. The number of anilines is 2. The van der Waals surface area contributed by atoms with Crippen LogP contribution in [0.4, 0.5) is 11.4 Å². The van der Waals surface area contributed by atoms with Crippen molar-refractivity contribution in [3.63, 3.8) is 0 Å². The third-order valence-electron chi connectivity index (χ3n) is 3.67. The van der Waals surface area contributed by atoms with E-state index in [1.165, 1.54) is 29.7 Å². The Morgan fingerprint density at radius 3 is 2.62 bits per heavy atom. The first-order chi connectivity index (χ1) is 10.0. The summed E-state index contributed by atoms with van der Waals surface area (Å²) < 4.78 is 0. The normalized spacial score (nSPS) is 13.0. The quantitative estimate of drug-likeness (QED) is 0.810. The number of hydrogen-bond donors (Lipinski definition) is 2. The highest BCUT2D eigenvalue weighted by Gasteiger charge is 2.14. The number of benzene rings is 2. The van der Waals surface area contributed by atoms with Crippen LogP contribution in [0.2, 0.25) is 10.0 Å². The van der Waals surface area contributed by atoms with Crippen LogP contribution in [0.25, 0.3) is 0 Å². The number of nitrogens with two attached hydrogens (primary N) is 1. The van der Waals surface area contributed by atoms with Gasteiger partial charge in [0.2, 0.25) is 0 Å². The van der Waals surface area contributed by atoms with Gasteiger partial charge in [-0.15, -0.1) is 0 Å². The molecule has 1 aliphatic rings. The topological polar surface area (TPSA) is 55.1 Å². The second-order valence-corrected chi connectivity index (χ2v) is 5.94. The van der Waals surface area contributed by atoms with E-state index in [4.69, 9.17) is 28.9 Å². The number of amides is 1. The summed E-state index contributed by atoms with van der Waals surface area (Å²) in [6.45, 7) is 0. The van der Waals surface area contributed by atoms with Gasteiger partial charge in [0.15, 0.2) is 0 Å². The summed E-state index contributed by atoms with van der Waals surface area (Å²) in [5.41, 5.74) is 9.87. The number of fused-ring (bicyclic) bond motifs is 1. The molecule has 108 valence electrons. The molecule has 2 aromatic carbocycles. The summed E-state index contributed by atoms with van der Waals surface area (Å²) in [6, 6.07) is 9.06. The van der Waals surface area contributed by atoms with Crippen molar-refractivity contribution in [2.45, 2.75) is 19.3 Å². The molecule has 0 heterocycles. The van der Waals surface area contributed by atoms with Crippen LogP contribution in [0.1, 0.15) is 27.9 Å². The number of hydrogen-bond acceptors (Lipinski definition) is 2. The summed E-state index contributed by atoms with van der Waals surface area (Å²) >= 11 is 11.8. The molecule has 0 bridgehead atoms. The van der Waals surface area contributed by atoms with Crippen molar-refractivity contribution in [3.05, 3.63) is 57.1 Å². The first kappa shape index (κ1) is 14.2. The van der Waals surface area contributed by atoms with Crippen molar-refractivity contribution in [2.24, 2.45) is 0 Å². The number of nitrogen functional groups attached to an aromatic ring is 1. The van der Waals surface area contributed by atoms with Gasteiger partial charge in [0.1, 0.15) is 0 Å². The Balaban J connectivity index is 1.83. The highest BCUT2D eigenvalue weighted by atomic mass is 35.5. The van der Waals surface area contributed by atoms with E-state index >= 15 is 0 Å². The minimum Gasteiger partial charge on any atom is -0.397 e. The molecule has 3 nitrogen and oxygen atoms in total. The van der Waals surface area contributed by atoms with Crippen LogP contribution >= 0.6 is 23.2 Å². The molecule has 0 fully saturated rings. The van der Waals surface area contributed by atoms with Crippen molar-refractivity contribution in [1.82, 2.24) is 0 Å². The van der Waals surface area contributed by atoms with Crippen LogP contribution in [-0.4, -0.2) is 5.91 Å². The largest absolute Gasteiger partial charge is 0.397 e. The minimum absolute atomic E-state index is 0.252. The average molecular weight is 321 g/mol. The van der Waals surface area contributed by atoms with Crippen LogP contribution in [0.3, 0.4) is 0 Å². The van der Waals surface area contributed by atoms with E-state index in [9.17, 15) is 4.79 Å². The molecule has 0 spiro atoms. The van der Waals surface area contributed by atoms with E-state index in [-0.39, 0.29) is 16.0 Å². The molecular formula is C16H14Cl2N2O. The highest BCUT2D eigenvalue weighted by molar-refractivity contribution is 6.44. The highest BCUT2D eigenvalue weighted by Crippen LogP contribution is 2.30. The number of carbonyl (C=O) groups excluding carboxylic acids is 1. The molecule has 21 heavy (non-hydrogen) atoms. The van der Waals surface area contributed by atoms with E-state index in [2.05, 4.69) is 11.4 Å². The zero-order chi connectivity index (χ0) is 15.0. The van der Waals surface area contributed by atoms with Crippen LogP contribution < -0.4 is 11.1 Å². The van der Waals surface area contributed by atoms with Crippen molar-refractivity contribution in [2.75, 3.05) is 11.1 Å². The van der Waals surface area contributed by atoms with Crippen LogP contribution in [0, 0.1) is 0 Å². The Morgan fingerprint density at radius 1 is 1.10 bits per heavy atom. The smallest absolute Gasteiger partial charge is 0.255 e. The van der Waals surface area contributed by atoms with Crippen LogP contribution in [-0.2, 0) is 12.8 Å².